The number of rotatable bonds is 1. The number of carbonyl (C=O) groups is 1. The van der Waals surface area contributed by atoms with E-state index in [9.17, 15) is 4.79 Å². The zero-order valence-corrected chi connectivity index (χ0v) is 9.19. The van der Waals surface area contributed by atoms with E-state index in [-0.39, 0.29) is 0 Å². The molecular formula is C7H5IN2OS. The Labute approximate surface area is 87.5 Å². The van der Waals surface area contributed by atoms with Crippen molar-refractivity contribution in [2.75, 3.05) is 0 Å². The Balaban J connectivity index is 3.39. The van der Waals surface area contributed by atoms with Gasteiger partial charge in [0.2, 0.25) is 5.69 Å². The summed E-state index contributed by atoms with van der Waals surface area (Å²) >= 11 is 3.25. The monoisotopic (exact) mass is 292 g/mol. The Morgan fingerprint density at radius 1 is 1.75 bits per heavy atom. The zero-order valence-electron chi connectivity index (χ0n) is 6.22. The second kappa shape index (κ2) is 3.41. The topological polar surface area (TPSA) is 47.5 Å². The number of primary amides is 1. The minimum absolute atomic E-state index is 0.456. The molecule has 0 bridgehead atoms. The molecule has 2 N–H and O–H groups in total. The number of nitrogens with two attached hydrogens (primary N) is 1. The van der Waals surface area contributed by atoms with Gasteiger partial charge in [-0.1, -0.05) is 22.6 Å². The Morgan fingerprint density at radius 2 is 2.33 bits per heavy atom. The summed E-state index contributed by atoms with van der Waals surface area (Å²) in [6.45, 7) is 8.67. The average Bonchev–Trinajstić information content (AvgIpc) is 2.27. The normalized spacial score (nSPS) is 9.42. The first-order chi connectivity index (χ1) is 5.57. The van der Waals surface area contributed by atoms with Crippen LogP contribution >= 0.6 is 33.9 Å². The maximum absolute atomic E-state index is 10.8. The van der Waals surface area contributed by atoms with Crippen molar-refractivity contribution in [1.82, 2.24) is 0 Å². The van der Waals surface area contributed by atoms with Crippen LogP contribution in [-0.4, -0.2) is 5.91 Å². The Kier molecular flexibility index (Phi) is 2.69. The first-order valence-electron chi connectivity index (χ1n) is 3.04. The van der Waals surface area contributed by atoms with Crippen LogP contribution in [0.1, 0.15) is 14.5 Å². The van der Waals surface area contributed by atoms with Crippen molar-refractivity contribution in [3.05, 3.63) is 24.7 Å². The van der Waals surface area contributed by atoms with Crippen LogP contribution in [0.2, 0.25) is 0 Å². The largest absolute Gasteiger partial charge is 0.365 e. The van der Waals surface area contributed by atoms with Crippen molar-refractivity contribution in [3.63, 3.8) is 0 Å². The van der Waals surface area contributed by atoms with E-state index in [0.717, 1.165) is 4.88 Å². The van der Waals surface area contributed by atoms with Gasteiger partial charge in [0, 0.05) is 8.45 Å². The molecule has 0 saturated heterocycles. The zero-order chi connectivity index (χ0) is 9.30. The summed E-state index contributed by atoms with van der Waals surface area (Å²) in [5.74, 6) is -0.456. The van der Waals surface area contributed by atoms with Gasteiger partial charge in [0.05, 0.1) is 11.4 Å². The molecule has 62 valence electrons. The molecule has 12 heavy (non-hydrogen) atoms. The van der Waals surface area contributed by atoms with E-state index in [2.05, 4.69) is 4.85 Å². The Morgan fingerprint density at radius 3 is 2.58 bits per heavy atom. The van der Waals surface area contributed by atoms with Crippen LogP contribution in [0, 0.1) is 17.1 Å². The lowest BCUT2D eigenvalue weighted by atomic mass is 10.4. The maximum Gasteiger partial charge on any atom is 0.258 e. The molecule has 0 aliphatic carbocycles. The molecule has 1 heterocycles. The lowest BCUT2D eigenvalue weighted by Crippen LogP contribution is -2.09. The molecule has 0 aromatic carbocycles. The van der Waals surface area contributed by atoms with Crippen molar-refractivity contribution in [2.45, 2.75) is 6.92 Å². The number of thiophene rings is 1. The van der Waals surface area contributed by atoms with Gasteiger partial charge in [0.1, 0.15) is 0 Å². The highest BCUT2D eigenvalue weighted by molar-refractivity contribution is 14.1. The molecule has 0 unspecified atom stereocenters. The van der Waals surface area contributed by atoms with Gasteiger partial charge in [0.15, 0.2) is 0 Å². The van der Waals surface area contributed by atoms with E-state index in [0.29, 0.717) is 14.1 Å². The molecule has 5 heteroatoms. The van der Waals surface area contributed by atoms with Crippen LogP contribution in [0.3, 0.4) is 0 Å². The van der Waals surface area contributed by atoms with Crippen molar-refractivity contribution in [1.29, 1.82) is 0 Å². The van der Waals surface area contributed by atoms with Crippen LogP contribution in [0.15, 0.2) is 0 Å². The van der Waals surface area contributed by atoms with Gasteiger partial charge in [-0.05, 0) is 6.92 Å². The van der Waals surface area contributed by atoms with Gasteiger partial charge < -0.3 is 5.73 Å². The summed E-state index contributed by atoms with van der Waals surface area (Å²) in [7, 11) is 0. The third-order valence-electron chi connectivity index (χ3n) is 1.33. The summed E-state index contributed by atoms with van der Waals surface area (Å²) in [4.78, 5) is 15.5. The Hall–Kier alpha value is -0.610. The van der Waals surface area contributed by atoms with Gasteiger partial charge in [-0.15, -0.1) is 11.3 Å². The molecule has 3 nitrogen and oxygen atoms in total. The average molecular weight is 292 g/mol. The second-order valence-corrected chi connectivity index (χ2v) is 4.43. The third-order valence-corrected chi connectivity index (χ3v) is 3.86. The fourth-order valence-electron chi connectivity index (χ4n) is 0.795. The smallest absolute Gasteiger partial charge is 0.258 e. The van der Waals surface area contributed by atoms with E-state index in [1.54, 1.807) is 0 Å². The molecule has 1 amide bonds. The molecule has 0 atom stereocenters. The minimum atomic E-state index is -0.456. The van der Waals surface area contributed by atoms with Crippen molar-refractivity contribution < 1.29 is 4.79 Å². The number of carbonyl (C=O) groups excluding carboxylic acids is 1. The van der Waals surface area contributed by atoms with Gasteiger partial charge in [-0.2, -0.15) is 0 Å². The SMILES string of the molecule is [C-]#[N+]c1c(C)sc(C(N)=O)c1I. The highest BCUT2D eigenvalue weighted by Gasteiger charge is 2.16. The summed E-state index contributed by atoms with van der Waals surface area (Å²) in [6, 6.07) is 0. The lowest BCUT2D eigenvalue weighted by Gasteiger charge is -1.88. The molecule has 0 fully saturated rings. The van der Waals surface area contributed by atoms with Crippen molar-refractivity contribution >= 4 is 45.5 Å². The van der Waals surface area contributed by atoms with E-state index in [1.165, 1.54) is 11.3 Å². The minimum Gasteiger partial charge on any atom is -0.365 e. The van der Waals surface area contributed by atoms with Crippen LogP contribution in [0.4, 0.5) is 5.69 Å². The quantitative estimate of drug-likeness (QED) is 0.626. The molecule has 1 aromatic rings. The number of aryl methyl sites for hydroxylation is 1. The number of nitrogens with zero attached hydrogens (tertiary/aromatic N) is 1. The fraction of sp³-hybridized carbons (Fsp3) is 0.143. The molecule has 0 radical (unpaired) electrons. The van der Waals surface area contributed by atoms with Gasteiger partial charge in [-0.25, -0.2) is 4.85 Å². The molecule has 0 aliphatic rings. The van der Waals surface area contributed by atoms with Crippen LogP contribution in [0.5, 0.6) is 0 Å². The predicted molar refractivity (Wildman–Crippen MR) is 56.6 cm³/mol. The van der Waals surface area contributed by atoms with Crippen LogP contribution in [-0.2, 0) is 0 Å². The van der Waals surface area contributed by atoms with Gasteiger partial charge in [0.25, 0.3) is 5.91 Å². The highest BCUT2D eigenvalue weighted by atomic mass is 127. The van der Waals surface area contributed by atoms with E-state index in [4.69, 9.17) is 12.3 Å². The first-order valence-corrected chi connectivity index (χ1v) is 4.93. The lowest BCUT2D eigenvalue weighted by molar-refractivity contribution is 0.100. The van der Waals surface area contributed by atoms with E-state index >= 15 is 0 Å². The van der Waals surface area contributed by atoms with Gasteiger partial charge >= 0.3 is 0 Å². The summed E-state index contributed by atoms with van der Waals surface area (Å²) in [5.41, 5.74) is 5.67. The standard InChI is InChI=1S/C7H5IN2OS/c1-3-5(10-2)4(8)6(12-3)7(9)11/h1H3,(H2,9,11). The molecular weight excluding hydrogens is 287 g/mol. The predicted octanol–water partition coefficient (Wildman–Crippen LogP) is 2.31. The van der Waals surface area contributed by atoms with Crippen LogP contribution in [0.25, 0.3) is 4.85 Å². The van der Waals surface area contributed by atoms with Crippen molar-refractivity contribution in [3.8, 4) is 0 Å². The molecule has 1 aromatic heterocycles. The molecule has 0 aliphatic heterocycles. The number of hydrogen-bond donors (Lipinski definition) is 1. The number of halogens is 1. The summed E-state index contributed by atoms with van der Waals surface area (Å²) in [5, 5.41) is 0. The molecule has 1 rings (SSSR count). The first kappa shape index (κ1) is 9.48. The number of amides is 1. The molecule has 0 saturated carbocycles. The van der Waals surface area contributed by atoms with Gasteiger partial charge in [-0.3, -0.25) is 4.79 Å². The summed E-state index contributed by atoms with van der Waals surface area (Å²) in [6.07, 6.45) is 0. The summed E-state index contributed by atoms with van der Waals surface area (Å²) < 4.78 is 0.678. The number of hydrogen-bond acceptors (Lipinski definition) is 2. The fourth-order valence-corrected chi connectivity index (χ4v) is 2.94. The van der Waals surface area contributed by atoms with E-state index < -0.39 is 5.91 Å². The second-order valence-electron chi connectivity index (χ2n) is 2.13. The van der Waals surface area contributed by atoms with Crippen molar-refractivity contribution in [2.24, 2.45) is 5.73 Å². The Bertz CT molecular complexity index is 377. The highest BCUT2D eigenvalue weighted by Crippen LogP contribution is 2.35. The van der Waals surface area contributed by atoms with Crippen LogP contribution < -0.4 is 5.73 Å². The van der Waals surface area contributed by atoms with E-state index in [1.807, 2.05) is 29.5 Å². The molecule has 0 spiro atoms. The third kappa shape index (κ3) is 1.44. The maximum atomic E-state index is 10.8.